The lowest BCUT2D eigenvalue weighted by atomic mass is 9.77. The van der Waals surface area contributed by atoms with Gasteiger partial charge in [0.15, 0.2) is 17.3 Å². The maximum atomic E-state index is 14.5. The van der Waals surface area contributed by atoms with E-state index in [9.17, 15) is 43.5 Å². The number of benzene rings is 6. The highest BCUT2D eigenvalue weighted by atomic mass is 16.6. The fourth-order valence-corrected chi connectivity index (χ4v) is 12.1. The summed E-state index contributed by atoms with van der Waals surface area (Å²) in [5.74, 6) is -1.60. The number of nitrogens with zero attached hydrogens (tertiary/aromatic N) is 3. The number of anilines is 2. The zero-order valence-electron chi connectivity index (χ0n) is 48.8. The van der Waals surface area contributed by atoms with Crippen LogP contribution < -0.4 is 46.5 Å². The lowest BCUT2D eigenvalue weighted by molar-refractivity contribution is -0.130. The summed E-state index contributed by atoms with van der Waals surface area (Å²) in [4.78, 5) is 115. The van der Waals surface area contributed by atoms with Crippen molar-refractivity contribution < 1.29 is 57.3 Å². The van der Waals surface area contributed by atoms with E-state index >= 15 is 0 Å². The van der Waals surface area contributed by atoms with Crippen molar-refractivity contribution in [2.24, 2.45) is 5.92 Å². The van der Waals surface area contributed by atoms with Crippen molar-refractivity contribution in [3.05, 3.63) is 158 Å². The highest BCUT2D eigenvalue weighted by molar-refractivity contribution is 6.07. The monoisotopic (exact) mass is 1180 g/mol. The Bertz CT molecular complexity index is 3830. The molecule has 2 fully saturated rings. The number of esters is 1. The average Bonchev–Trinajstić information content (AvgIpc) is 1.94. The van der Waals surface area contributed by atoms with Gasteiger partial charge in [-0.25, -0.2) is 9.59 Å². The van der Waals surface area contributed by atoms with E-state index in [1.807, 2.05) is 74.4 Å². The number of aldehydes is 1. The van der Waals surface area contributed by atoms with E-state index < -0.39 is 53.3 Å². The number of phenolic OH excluding ortho intramolecular Hbond substituents is 1. The van der Waals surface area contributed by atoms with E-state index in [0.717, 1.165) is 43.5 Å². The molecule has 5 aromatic rings. The van der Waals surface area contributed by atoms with Gasteiger partial charge in [0.25, 0.3) is 11.8 Å². The summed E-state index contributed by atoms with van der Waals surface area (Å²) in [5, 5.41) is 25.1. The fourth-order valence-electron chi connectivity index (χ4n) is 12.1. The number of aromatic hydroxyl groups is 1. The van der Waals surface area contributed by atoms with Gasteiger partial charge in [-0.3, -0.25) is 28.8 Å². The summed E-state index contributed by atoms with van der Waals surface area (Å²) < 4.78 is 24.4. The number of rotatable bonds is 18. The normalized spacial score (nSPS) is 15.6. The molecule has 0 unspecified atom stereocenters. The average molecular weight is 1180 g/mol. The van der Waals surface area contributed by atoms with Crippen molar-refractivity contribution in [3.63, 3.8) is 0 Å². The van der Waals surface area contributed by atoms with E-state index in [1.54, 1.807) is 41.3 Å². The Morgan fingerprint density at radius 2 is 1.31 bits per heavy atom. The SMILES string of the molecule is CN(C)c1ccc2c(c1)Oc1cc(N(C)C)ccc1C21OC(=O)c2cc(C(=O)NCC[C@H](NC(=O)[C@H](CC3CCCCC3)NC(=O)N3CCOCC3)C(=O)NCCNC(=O)c3ccc(-c4c5ccc(=O)cc-5oc5cc(O)ccc45)c(C=O)c3)ccc21. The van der Waals surface area contributed by atoms with Crippen LogP contribution in [0.3, 0.4) is 0 Å². The molecule has 6 amide bonds. The molecular weight excluding hydrogens is 1110 g/mol. The minimum Gasteiger partial charge on any atom is -0.508 e. The first-order valence-corrected chi connectivity index (χ1v) is 29.3. The first-order chi connectivity index (χ1) is 42.0. The minimum absolute atomic E-state index is 0.0631. The molecule has 5 aromatic carbocycles. The van der Waals surface area contributed by atoms with Gasteiger partial charge in [-0.1, -0.05) is 44.2 Å². The van der Waals surface area contributed by atoms with E-state index in [4.69, 9.17) is 18.6 Å². The molecule has 2 atom stereocenters. The van der Waals surface area contributed by atoms with Crippen molar-refractivity contribution in [1.82, 2.24) is 31.5 Å². The number of carbonyl (C=O) groups excluding carboxylic acids is 7. The van der Waals surface area contributed by atoms with Crippen LogP contribution in [-0.2, 0) is 24.7 Å². The highest BCUT2D eigenvalue weighted by Crippen LogP contribution is 2.57. The maximum Gasteiger partial charge on any atom is 0.340 e. The van der Waals surface area contributed by atoms with Gasteiger partial charge in [-0.2, -0.15) is 0 Å². The molecule has 4 heterocycles. The number of morpholine rings is 1. The molecule has 1 saturated carbocycles. The Balaban J connectivity index is 0.802. The first-order valence-electron chi connectivity index (χ1n) is 29.3. The second kappa shape index (κ2) is 25.1. The van der Waals surface area contributed by atoms with Crippen LogP contribution in [0.25, 0.3) is 33.4 Å². The molecule has 1 saturated heterocycles. The zero-order valence-corrected chi connectivity index (χ0v) is 48.8. The largest absolute Gasteiger partial charge is 0.508 e. The molecule has 1 spiro atoms. The van der Waals surface area contributed by atoms with Crippen molar-refractivity contribution in [1.29, 1.82) is 0 Å². The molecule has 21 heteroatoms. The van der Waals surface area contributed by atoms with Gasteiger partial charge >= 0.3 is 12.0 Å². The van der Waals surface area contributed by atoms with Crippen molar-refractivity contribution in [2.45, 2.75) is 62.6 Å². The summed E-state index contributed by atoms with van der Waals surface area (Å²) in [6.07, 6.45) is 5.72. The number of fused-ring (bicyclic) bond motifs is 8. The number of hydrogen-bond acceptors (Lipinski definition) is 15. The van der Waals surface area contributed by atoms with E-state index in [2.05, 4.69) is 26.6 Å². The molecule has 0 aromatic heterocycles. The van der Waals surface area contributed by atoms with E-state index in [0.29, 0.717) is 89.3 Å². The van der Waals surface area contributed by atoms with Crippen LogP contribution in [0, 0.1) is 5.92 Å². The van der Waals surface area contributed by atoms with Gasteiger partial charge in [0.1, 0.15) is 40.7 Å². The second-order valence-corrected chi connectivity index (χ2v) is 22.8. The van der Waals surface area contributed by atoms with Crippen LogP contribution in [0.5, 0.6) is 17.2 Å². The molecule has 87 heavy (non-hydrogen) atoms. The lowest BCUT2D eigenvalue weighted by Crippen LogP contribution is -2.57. The zero-order chi connectivity index (χ0) is 61.1. The van der Waals surface area contributed by atoms with Gasteiger partial charge in [-0.05, 0) is 97.1 Å². The summed E-state index contributed by atoms with van der Waals surface area (Å²) >= 11 is 0. The molecular formula is C66H68N8O13. The summed E-state index contributed by atoms with van der Waals surface area (Å²) in [7, 11) is 7.67. The van der Waals surface area contributed by atoms with Crippen LogP contribution >= 0.6 is 0 Å². The van der Waals surface area contributed by atoms with Crippen LogP contribution in [-0.4, -0.2) is 138 Å². The van der Waals surface area contributed by atoms with Crippen LogP contribution in [0.15, 0.2) is 118 Å². The number of amides is 6. The first kappa shape index (κ1) is 59.0. The Hall–Kier alpha value is -9.76. The highest BCUT2D eigenvalue weighted by Gasteiger charge is 2.54. The van der Waals surface area contributed by atoms with Crippen molar-refractivity contribution in [2.75, 3.05) is 83.9 Å². The third-order valence-electron chi connectivity index (χ3n) is 16.7. The molecule has 11 rings (SSSR count). The van der Waals surface area contributed by atoms with Crippen molar-refractivity contribution in [3.8, 4) is 39.7 Å². The standard InChI is InChI=1S/C66H68N8O13/c1-72(2)42-12-20-51-57(33-42)86-58-34-43(73(3)4)13-21-52(58)66(51)50-19-11-40(32-49(50)64(82)87-66)61(79)67-23-22-53(70-63(81)54(30-38-8-6-5-7-9-38)71-65(83)74-26-28-84-29-27-74)62(80)69-25-24-68-60(78)39-10-16-46(41(31-39)37-75)59-47-17-14-44(76)35-55(47)85-56-36-45(77)15-18-48(56)59/h10-21,31-38,53-54,76H,5-9,22-30H2,1-4H3,(H,67,79)(H,68,78)(H,69,80)(H,70,81)(H,71,83)/t53-,54-/m0/s1. The van der Waals surface area contributed by atoms with Gasteiger partial charge in [-0.15, -0.1) is 0 Å². The third kappa shape index (κ3) is 12.1. The quantitative estimate of drug-likeness (QED) is 0.0213. The molecule has 6 aliphatic rings. The molecule has 2 aliphatic carbocycles. The van der Waals surface area contributed by atoms with E-state index in [1.165, 1.54) is 36.4 Å². The van der Waals surface area contributed by atoms with E-state index in [-0.39, 0.29) is 76.7 Å². The summed E-state index contributed by atoms with van der Waals surface area (Å²) in [6.45, 7) is 1.14. The summed E-state index contributed by atoms with van der Waals surface area (Å²) in [5.41, 5.74) is 4.27. The smallest absolute Gasteiger partial charge is 0.340 e. The molecule has 21 nitrogen and oxygen atoms in total. The van der Waals surface area contributed by atoms with Crippen LogP contribution in [0.2, 0.25) is 0 Å². The predicted octanol–water partition coefficient (Wildman–Crippen LogP) is 7.31. The number of nitrogens with one attached hydrogen (secondary N) is 5. The number of hydrogen-bond donors (Lipinski definition) is 6. The van der Waals surface area contributed by atoms with Gasteiger partial charge in [0.2, 0.25) is 11.8 Å². The minimum atomic E-state index is -1.39. The fraction of sp³-hybridized carbons (Fsp3) is 0.333. The van der Waals surface area contributed by atoms with Gasteiger partial charge in [0, 0.05) is 146 Å². The Kier molecular flexibility index (Phi) is 17.0. The predicted molar refractivity (Wildman–Crippen MR) is 325 cm³/mol. The molecule has 6 N–H and O–H groups in total. The van der Waals surface area contributed by atoms with Crippen molar-refractivity contribution >= 4 is 64.3 Å². The summed E-state index contributed by atoms with van der Waals surface area (Å²) in [6, 6.07) is 27.0. The number of carbonyl (C=O) groups is 7. The topological polar surface area (TPSA) is 267 Å². The number of ether oxygens (including phenoxy) is 3. The second-order valence-electron chi connectivity index (χ2n) is 22.8. The number of urea groups is 1. The number of phenols is 1. The van der Waals surface area contributed by atoms with Gasteiger partial charge in [0.05, 0.1) is 18.8 Å². The third-order valence-corrected chi connectivity index (χ3v) is 16.7. The molecule has 4 aliphatic heterocycles. The maximum absolute atomic E-state index is 14.5. The van der Waals surface area contributed by atoms with Gasteiger partial charge < -0.3 is 65.0 Å². The lowest BCUT2D eigenvalue weighted by Gasteiger charge is -2.37. The van der Waals surface area contributed by atoms with Crippen LogP contribution in [0.1, 0.15) is 103 Å². The van der Waals surface area contributed by atoms with Crippen LogP contribution in [0.4, 0.5) is 16.2 Å². The Morgan fingerprint density at radius 1 is 0.667 bits per heavy atom. The Labute approximate surface area is 501 Å². The molecule has 0 bridgehead atoms. The molecule has 0 radical (unpaired) electrons. The molecule has 450 valence electrons. The Morgan fingerprint density at radius 3 is 2.00 bits per heavy atom.